The standard InChI is InChI=1S/C17H20IN3O3S/c1-11-9-19-16(20-13-3-5-24-6-4-13)8-14(11)12-7-15(17(22)23-2)21(10-12)25-18/h7-10,13H,3-6H2,1-2H3,(H,19,20). The summed E-state index contributed by atoms with van der Waals surface area (Å²) in [5, 5.41) is 3.49. The molecule has 8 heteroatoms. The van der Waals surface area contributed by atoms with E-state index in [-0.39, 0.29) is 5.97 Å². The Balaban J connectivity index is 1.89. The first-order chi connectivity index (χ1) is 12.1. The second-order valence-electron chi connectivity index (χ2n) is 5.92. The van der Waals surface area contributed by atoms with Crippen LogP contribution in [0, 0.1) is 6.92 Å². The molecule has 25 heavy (non-hydrogen) atoms. The molecule has 1 fully saturated rings. The van der Waals surface area contributed by atoms with E-state index in [2.05, 4.69) is 31.5 Å². The van der Waals surface area contributed by atoms with Crippen molar-refractivity contribution in [3.05, 3.63) is 35.8 Å². The number of ether oxygens (including phenoxy) is 2. The molecule has 1 aliphatic rings. The Morgan fingerprint density at radius 2 is 2.20 bits per heavy atom. The molecule has 6 nitrogen and oxygen atoms in total. The molecule has 0 spiro atoms. The summed E-state index contributed by atoms with van der Waals surface area (Å²) < 4.78 is 12.1. The summed E-state index contributed by atoms with van der Waals surface area (Å²) in [5.74, 6) is 0.504. The molecule has 1 aliphatic heterocycles. The first-order valence-electron chi connectivity index (χ1n) is 8.03. The number of hydrogen-bond acceptors (Lipinski definition) is 6. The van der Waals surface area contributed by atoms with Gasteiger partial charge in [0.05, 0.1) is 7.11 Å². The second-order valence-corrected chi connectivity index (χ2v) is 7.63. The van der Waals surface area contributed by atoms with Gasteiger partial charge in [-0.05, 0) is 43.0 Å². The summed E-state index contributed by atoms with van der Waals surface area (Å²) in [6.45, 7) is 3.59. The molecule has 0 bridgehead atoms. The van der Waals surface area contributed by atoms with Crippen molar-refractivity contribution < 1.29 is 14.3 Å². The molecule has 3 heterocycles. The van der Waals surface area contributed by atoms with E-state index in [9.17, 15) is 4.79 Å². The molecular formula is C17H20IN3O3S. The number of aryl methyl sites for hydroxylation is 1. The van der Waals surface area contributed by atoms with E-state index in [1.165, 1.54) is 16.2 Å². The van der Waals surface area contributed by atoms with Crippen LogP contribution < -0.4 is 5.32 Å². The third-order valence-corrected chi connectivity index (χ3v) is 5.97. The lowest BCUT2D eigenvalue weighted by atomic mass is 10.0. The quantitative estimate of drug-likeness (QED) is 0.522. The molecule has 2 aromatic heterocycles. The van der Waals surface area contributed by atoms with Gasteiger partial charge in [-0.1, -0.05) is 0 Å². The third kappa shape index (κ3) is 4.29. The maximum Gasteiger partial charge on any atom is 0.355 e. The smallest absolute Gasteiger partial charge is 0.355 e. The van der Waals surface area contributed by atoms with E-state index in [0.717, 1.165) is 48.6 Å². The second kappa shape index (κ2) is 8.41. The average Bonchev–Trinajstić information content (AvgIpc) is 3.07. The van der Waals surface area contributed by atoms with E-state index in [4.69, 9.17) is 9.47 Å². The van der Waals surface area contributed by atoms with Crippen LogP contribution in [0.5, 0.6) is 0 Å². The van der Waals surface area contributed by atoms with Crippen molar-refractivity contribution in [1.29, 1.82) is 0 Å². The van der Waals surface area contributed by atoms with Crippen molar-refractivity contribution in [3.63, 3.8) is 0 Å². The predicted molar refractivity (Wildman–Crippen MR) is 108 cm³/mol. The van der Waals surface area contributed by atoms with Crippen molar-refractivity contribution >= 4 is 42.1 Å². The van der Waals surface area contributed by atoms with Gasteiger partial charge in [-0.3, -0.25) is 3.97 Å². The van der Waals surface area contributed by atoms with Crippen molar-refractivity contribution in [3.8, 4) is 11.1 Å². The molecule has 2 aromatic rings. The number of methoxy groups -OCH3 is 1. The van der Waals surface area contributed by atoms with Gasteiger partial charge in [-0.25, -0.2) is 9.78 Å². The normalized spacial score (nSPS) is 15.2. The fraction of sp³-hybridized carbons (Fsp3) is 0.412. The molecular weight excluding hydrogens is 453 g/mol. The van der Waals surface area contributed by atoms with Crippen molar-refractivity contribution in [2.75, 3.05) is 25.6 Å². The van der Waals surface area contributed by atoms with Crippen LogP contribution in [0.4, 0.5) is 5.82 Å². The van der Waals surface area contributed by atoms with Crippen LogP contribution in [0.25, 0.3) is 11.1 Å². The van der Waals surface area contributed by atoms with Gasteiger partial charge in [0.25, 0.3) is 0 Å². The highest BCUT2D eigenvalue weighted by Gasteiger charge is 2.18. The predicted octanol–water partition coefficient (Wildman–Crippen LogP) is 4.08. The Labute approximate surface area is 163 Å². The highest BCUT2D eigenvalue weighted by molar-refractivity contribution is 14.2. The lowest BCUT2D eigenvalue weighted by Crippen LogP contribution is -2.28. The molecule has 0 aromatic carbocycles. The number of pyridine rings is 1. The number of hydrogen-bond donors (Lipinski definition) is 1. The molecule has 0 atom stereocenters. The van der Waals surface area contributed by atoms with Gasteiger partial charge in [0, 0.05) is 67.5 Å². The fourth-order valence-electron chi connectivity index (χ4n) is 2.87. The van der Waals surface area contributed by atoms with Gasteiger partial charge in [-0.2, -0.15) is 0 Å². The minimum atomic E-state index is -0.345. The van der Waals surface area contributed by atoms with Crippen LogP contribution in [0.2, 0.25) is 0 Å². The number of esters is 1. The Kier molecular flexibility index (Phi) is 6.24. The van der Waals surface area contributed by atoms with Crippen LogP contribution >= 0.6 is 30.3 Å². The molecule has 0 unspecified atom stereocenters. The van der Waals surface area contributed by atoms with Crippen molar-refractivity contribution in [2.24, 2.45) is 0 Å². The van der Waals surface area contributed by atoms with Crippen molar-refractivity contribution in [2.45, 2.75) is 25.8 Å². The van der Waals surface area contributed by atoms with Crippen molar-refractivity contribution in [1.82, 2.24) is 8.96 Å². The highest BCUT2D eigenvalue weighted by Crippen LogP contribution is 2.31. The first kappa shape index (κ1) is 18.5. The summed E-state index contributed by atoms with van der Waals surface area (Å²) in [7, 11) is 2.83. The van der Waals surface area contributed by atoms with Gasteiger partial charge in [0.2, 0.25) is 0 Å². The molecule has 134 valence electrons. The molecule has 3 rings (SSSR count). The Hall–Kier alpha value is -1.26. The molecule has 0 aliphatic carbocycles. The average molecular weight is 473 g/mol. The van der Waals surface area contributed by atoms with Gasteiger partial charge in [-0.15, -0.1) is 0 Å². The maximum absolute atomic E-state index is 12.0. The van der Waals surface area contributed by atoms with Gasteiger partial charge in [0.15, 0.2) is 0 Å². The number of carbonyl (C=O) groups is 1. The summed E-state index contributed by atoms with van der Waals surface area (Å²) in [6.07, 6.45) is 5.78. The number of rotatable bonds is 5. The first-order valence-corrected chi connectivity index (χ1v) is 11.3. The number of nitrogens with zero attached hydrogens (tertiary/aromatic N) is 2. The van der Waals surface area contributed by atoms with E-state index in [1.807, 2.05) is 35.4 Å². The number of nitrogens with one attached hydrogen (secondary N) is 1. The lowest BCUT2D eigenvalue weighted by molar-refractivity contribution is 0.0593. The fourth-order valence-corrected chi connectivity index (χ4v) is 4.20. The molecule has 0 amide bonds. The Bertz CT molecular complexity index is 760. The lowest BCUT2D eigenvalue weighted by Gasteiger charge is -2.24. The Morgan fingerprint density at radius 3 is 2.88 bits per heavy atom. The maximum atomic E-state index is 12.0. The third-order valence-electron chi connectivity index (χ3n) is 4.24. The van der Waals surface area contributed by atoms with Crippen LogP contribution in [0.1, 0.15) is 28.9 Å². The van der Waals surface area contributed by atoms with Gasteiger partial charge in [0.1, 0.15) is 11.5 Å². The monoisotopic (exact) mass is 473 g/mol. The summed E-state index contributed by atoms with van der Waals surface area (Å²) in [6, 6.07) is 4.29. The largest absolute Gasteiger partial charge is 0.464 e. The minimum Gasteiger partial charge on any atom is -0.464 e. The zero-order valence-electron chi connectivity index (χ0n) is 14.1. The zero-order valence-corrected chi connectivity index (χ0v) is 17.1. The van der Waals surface area contributed by atoms with Crippen LogP contribution in [0.3, 0.4) is 0 Å². The van der Waals surface area contributed by atoms with Gasteiger partial charge < -0.3 is 14.8 Å². The van der Waals surface area contributed by atoms with Crippen LogP contribution in [-0.4, -0.2) is 41.3 Å². The number of carbonyl (C=O) groups excluding carboxylic acids is 1. The topological polar surface area (TPSA) is 65.4 Å². The minimum absolute atomic E-state index is 0.345. The number of anilines is 1. The molecule has 1 N–H and O–H groups in total. The molecule has 1 saturated heterocycles. The Morgan fingerprint density at radius 1 is 1.44 bits per heavy atom. The highest BCUT2D eigenvalue weighted by atomic mass is 127. The number of halogens is 1. The zero-order chi connectivity index (χ0) is 17.8. The van der Waals surface area contributed by atoms with Crippen LogP contribution in [-0.2, 0) is 9.47 Å². The van der Waals surface area contributed by atoms with Gasteiger partial charge >= 0.3 is 5.97 Å². The molecule has 0 saturated carbocycles. The van der Waals surface area contributed by atoms with E-state index >= 15 is 0 Å². The SMILES string of the molecule is COC(=O)c1cc(-c2cc(NC3CCOCC3)ncc2C)cn1SI. The molecule has 0 radical (unpaired) electrons. The van der Waals surface area contributed by atoms with E-state index in [0.29, 0.717) is 11.7 Å². The number of aromatic nitrogens is 2. The summed E-state index contributed by atoms with van der Waals surface area (Å²) in [4.78, 5) is 16.5. The van der Waals surface area contributed by atoms with E-state index < -0.39 is 0 Å². The van der Waals surface area contributed by atoms with Crippen LogP contribution in [0.15, 0.2) is 24.5 Å². The summed E-state index contributed by atoms with van der Waals surface area (Å²) in [5.41, 5.74) is 3.61. The van der Waals surface area contributed by atoms with E-state index in [1.54, 1.807) is 0 Å². The summed E-state index contributed by atoms with van der Waals surface area (Å²) >= 11 is 2.15.